The van der Waals surface area contributed by atoms with Gasteiger partial charge in [-0.05, 0) is 13.8 Å². The quantitative estimate of drug-likeness (QED) is 0.431. The molecule has 0 N–H and O–H groups in total. The molecular formula is C6H14KO2. The summed E-state index contributed by atoms with van der Waals surface area (Å²) in [5.74, 6) is 0. The molecule has 0 amide bonds. The average Bonchev–Trinajstić information content (AvgIpc) is 1.81. The predicted molar refractivity (Wildman–Crippen MR) is 38.7 cm³/mol. The maximum absolute atomic E-state index is 5.01. The van der Waals surface area contributed by atoms with Crippen molar-refractivity contribution in [3.63, 3.8) is 0 Å². The largest absolute Gasteiger partial charge is 0.379 e. The van der Waals surface area contributed by atoms with E-state index in [0.717, 1.165) is 26.4 Å². The topological polar surface area (TPSA) is 18.5 Å². The van der Waals surface area contributed by atoms with Crippen molar-refractivity contribution in [2.75, 3.05) is 26.4 Å². The minimum absolute atomic E-state index is 0. The van der Waals surface area contributed by atoms with Gasteiger partial charge in [0.1, 0.15) is 0 Å². The summed E-state index contributed by atoms with van der Waals surface area (Å²) >= 11 is 0. The molecule has 0 atom stereocenters. The summed E-state index contributed by atoms with van der Waals surface area (Å²) in [4.78, 5) is 0. The van der Waals surface area contributed by atoms with Crippen LogP contribution < -0.4 is 0 Å². The van der Waals surface area contributed by atoms with E-state index in [1.165, 1.54) is 0 Å². The van der Waals surface area contributed by atoms with Crippen LogP contribution in [0, 0.1) is 0 Å². The molecular weight excluding hydrogens is 143 g/mol. The summed E-state index contributed by atoms with van der Waals surface area (Å²) in [5, 5.41) is 0. The SMILES string of the molecule is CCOCCOCC.[K]. The zero-order valence-electron chi connectivity index (χ0n) is 6.64. The second-order valence-electron chi connectivity index (χ2n) is 1.39. The van der Waals surface area contributed by atoms with Crippen LogP contribution in [-0.4, -0.2) is 77.8 Å². The normalized spacial score (nSPS) is 8.67. The summed E-state index contributed by atoms with van der Waals surface area (Å²) in [7, 11) is 0. The molecule has 0 heterocycles. The van der Waals surface area contributed by atoms with Crippen molar-refractivity contribution in [2.24, 2.45) is 0 Å². The molecule has 0 fully saturated rings. The Kier molecular flexibility index (Phi) is 17.9. The minimum Gasteiger partial charge on any atom is -0.379 e. The molecule has 3 heteroatoms. The molecule has 51 valence electrons. The van der Waals surface area contributed by atoms with Crippen molar-refractivity contribution in [2.45, 2.75) is 13.8 Å². The van der Waals surface area contributed by atoms with E-state index in [9.17, 15) is 0 Å². The van der Waals surface area contributed by atoms with E-state index >= 15 is 0 Å². The van der Waals surface area contributed by atoms with Crippen molar-refractivity contribution >= 4 is 51.4 Å². The molecule has 0 aromatic carbocycles. The fourth-order valence-corrected chi connectivity index (χ4v) is 0.407. The Morgan fingerprint density at radius 1 is 0.889 bits per heavy atom. The van der Waals surface area contributed by atoms with Gasteiger partial charge in [-0.1, -0.05) is 0 Å². The van der Waals surface area contributed by atoms with E-state index in [1.807, 2.05) is 13.8 Å². The molecule has 0 rings (SSSR count). The smallest absolute Gasteiger partial charge is 0.0700 e. The van der Waals surface area contributed by atoms with Crippen molar-refractivity contribution in [1.29, 1.82) is 0 Å². The van der Waals surface area contributed by atoms with Crippen molar-refractivity contribution in [1.82, 2.24) is 0 Å². The van der Waals surface area contributed by atoms with Gasteiger partial charge in [-0.25, -0.2) is 0 Å². The Bertz CT molecular complexity index is 36.0. The van der Waals surface area contributed by atoms with Crippen LogP contribution in [0.5, 0.6) is 0 Å². The van der Waals surface area contributed by atoms with Crippen LogP contribution >= 0.6 is 0 Å². The third-order valence-electron chi connectivity index (χ3n) is 0.780. The van der Waals surface area contributed by atoms with Gasteiger partial charge in [0.05, 0.1) is 13.2 Å². The molecule has 0 saturated heterocycles. The van der Waals surface area contributed by atoms with Crippen molar-refractivity contribution in [3.05, 3.63) is 0 Å². The zero-order valence-corrected chi connectivity index (χ0v) is 9.77. The molecule has 0 spiro atoms. The van der Waals surface area contributed by atoms with Crippen LogP contribution in [0.15, 0.2) is 0 Å². The van der Waals surface area contributed by atoms with Crippen LogP contribution in [0.1, 0.15) is 13.8 Å². The Balaban J connectivity index is 0. The number of ether oxygens (including phenoxy) is 2. The average molecular weight is 157 g/mol. The van der Waals surface area contributed by atoms with Gasteiger partial charge >= 0.3 is 0 Å². The summed E-state index contributed by atoms with van der Waals surface area (Å²) in [6.45, 7) is 6.98. The van der Waals surface area contributed by atoms with Crippen LogP contribution in [-0.2, 0) is 9.47 Å². The first-order valence-corrected chi connectivity index (χ1v) is 3.07. The third kappa shape index (κ3) is 12.7. The molecule has 0 aliphatic heterocycles. The molecule has 0 aliphatic carbocycles. The standard InChI is InChI=1S/C6H14O2.K/c1-3-7-5-6-8-4-2;/h3-6H2,1-2H3;. The molecule has 0 unspecified atom stereocenters. The summed E-state index contributed by atoms with van der Waals surface area (Å²) in [6, 6.07) is 0. The van der Waals surface area contributed by atoms with E-state index in [4.69, 9.17) is 9.47 Å². The Morgan fingerprint density at radius 2 is 1.22 bits per heavy atom. The molecule has 0 saturated carbocycles. The molecule has 0 aromatic rings. The van der Waals surface area contributed by atoms with E-state index in [0.29, 0.717) is 0 Å². The molecule has 9 heavy (non-hydrogen) atoms. The van der Waals surface area contributed by atoms with Gasteiger partial charge in [0.2, 0.25) is 0 Å². The van der Waals surface area contributed by atoms with Crippen LogP contribution in [0.25, 0.3) is 0 Å². The van der Waals surface area contributed by atoms with Crippen molar-refractivity contribution in [3.8, 4) is 0 Å². The summed E-state index contributed by atoms with van der Waals surface area (Å²) < 4.78 is 10.0. The van der Waals surface area contributed by atoms with Gasteiger partial charge in [0.25, 0.3) is 0 Å². The van der Waals surface area contributed by atoms with E-state index in [-0.39, 0.29) is 51.4 Å². The van der Waals surface area contributed by atoms with Gasteiger partial charge in [-0.2, -0.15) is 0 Å². The Hall–Kier alpha value is 1.56. The minimum atomic E-state index is 0. The van der Waals surface area contributed by atoms with Gasteiger partial charge in [0, 0.05) is 64.6 Å². The maximum Gasteiger partial charge on any atom is 0.0700 e. The number of hydrogen-bond acceptors (Lipinski definition) is 2. The Labute approximate surface area is 99.7 Å². The maximum atomic E-state index is 5.01. The first kappa shape index (κ1) is 13.2. The van der Waals surface area contributed by atoms with E-state index in [1.54, 1.807) is 0 Å². The molecule has 2 nitrogen and oxygen atoms in total. The molecule has 1 radical (unpaired) electrons. The molecule has 0 bridgehead atoms. The van der Waals surface area contributed by atoms with Gasteiger partial charge in [-0.15, -0.1) is 0 Å². The first-order chi connectivity index (χ1) is 3.91. The number of hydrogen-bond donors (Lipinski definition) is 0. The second-order valence-corrected chi connectivity index (χ2v) is 1.39. The van der Waals surface area contributed by atoms with Gasteiger partial charge in [-0.3, -0.25) is 0 Å². The monoisotopic (exact) mass is 157 g/mol. The fraction of sp³-hybridized carbons (Fsp3) is 1.00. The summed E-state index contributed by atoms with van der Waals surface area (Å²) in [6.07, 6.45) is 0. The van der Waals surface area contributed by atoms with Crippen molar-refractivity contribution < 1.29 is 9.47 Å². The van der Waals surface area contributed by atoms with Gasteiger partial charge < -0.3 is 9.47 Å². The fourth-order valence-electron chi connectivity index (χ4n) is 0.407. The van der Waals surface area contributed by atoms with Crippen LogP contribution in [0.4, 0.5) is 0 Å². The Morgan fingerprint density at radius 3 is 1.44 bits per heavy atom. The molecule has 0 aromatic heterocycles. The zero-order chi connectivity index (χ0) is 6.24. The third-order valence-corrected chi connectivity index (χ3v) is 0.780. The summed E-state index contributed by atoms with van der Waals surface area (Å²) in [5.41, 5.74) is 0. The van der Waals surface area contributed by atoms with Crippen LogP contribution in [0.2, 0.25) is 0 Å². The molecule has 0 aliphatic rings. The van der Waals surface area contributed by atoms with Gasteiger partial charge in [0.15, 0.2) is 0 Å². The second kappa shape index (κ2) is 12.3. The first-order valence-electron chi connectivity index (χ1n) is 3.07. The van der Waals surface area contributed by atoms with E-state index < -0.39 is 0 Å². The van der Waals surface area contributed by atoms with E-state index in [2.05, 4.69) is 0 Å². The number of rotatable bonds is 5. The van der Waals surface area contributed by atoms with Crippen LogP contribution in [0.3, 0.4) is 0 Å². The predicted octanol–water partition coefficient (Wildman–Crippen LogP) is 0.679.